The van der Waals surface area contributed by atoms with E-state index in [0.717, 1.165) is 69.9 Å². The number of anilines is 1. The van der Waals surface area contributed by atoms with Crippen molar-refractivity contribution in [2.24, 2.45) is 0 Å². The van der Waals surface area contributed by atoms with Crippen LogP contribution < -0.4 is 11.0 Å². The highest BCUT2D eigenvalue weighted by Crippen LogP contribution is 2.27. The van der Waals surface area contributed by atoms with Gasteiger partial charge in [0.05, 0.1) is 12.3 Å². The zero-order valence-electron chi connectivity index (χ0n) is 19.7. The van der Waals surface area contributed by atoms with Gasteiger partial charge in [-0.1, -0.05) is 20.3 Å². The predicted octanol–water partition coefficient (Wildman–Crippen LogP) is 3.21. The minimum atomic E-state index is -0.153. The van der Waals surface area contributed by atoms with Crippen LogP contribution in [0.2, 0.25) is 0 Å². The Morgan fingerprint density at radius 2 is 1.84 bits per heavy atom. The number of hydrogen-bond donors (Lipinski definition) is 3. The Morgan fingerprint density at radius 1 is 1.10 bits per heavy atom. The van der Waals surface area contributed by atoms with E-state index in [2.05, 4.69) is 47.8 Å². The molecule has 1 aromatic heterocycles. The standard InChI is InChI=1S/C23H40N6O2/c1-5-7-15-31-22-18(6-2)16-19(24)20-21(26-22)29(23(30)25-20)10-8-9-27-11-13-28(14-12-27)17(3)4/h17,24,26H,5-16H2,1-4H3,(H,25,30). The van der Waals surface area contributed by atoms with E-state index < -0.39 is 0 Å². The lowest BCUT2D eigenvalue weighted by Crippen LogP contribution is -2.49. The summed E-state index contributed by atoms with van der Waals surface area (Å²) in [5, 5.41) is 11.9. The second-order valence-electron chi connectivity index (χ2n) is 8.90. The van der Waals surface area contributed by atoms with Gasteiger partial charge < -0.3 is 25.3 Å². The van der Waals surface area contributed by atoms with Crippen LogP contribution in [-0.2, 0) is 11.3 Å². The Labute approximate surface area is 186 Å². The van der Waals surface area contributed by atoms with E-state index in [1.54, 1.807) is 4.57 Å². The molecule has 31 heavy (non-hydrogen) atoms. The van der Waals surface area contributed by atoms with Crippen molar-refractivity contribution >= 4 is 11.5 Å². The molecule has 1 aromatic rings. The van der Waals surface area contributed by atoms with E-state index >= 15 is 0 Å². The number of unbranched alkanes of at least 4 members (excludes halogenated alkanes) is 1. The van der Waals surface area contributed by atoms with Crippen molar-refractivity contribution in [3.63, 3.8) is 0 Å². The average molecular weight is 433 g/mol. The summed E-state index contributed by atoms with van der Waals surface area (Å²) < 4.78 is 7.78. The average Bonchev–Trinajstić information content (AvgIpc) is 3.00. The van der Waals surface area contributed by atoms with Gasteiger partial charge in [0.2, 0.25) is 0 Å². The van der Waals surface area contributed by atoms with Crippen LogP contribution in [0.3, 0.4) is 0 Å². The normalized spacial score (nSPS) is 18.3. The van der Waals surface area contributed by atoms with Crippen LogP contribution in [0.1, 0.15) is 65.5 Å². The topological polar surface area (TPSA) is 89.4 Å². The molecule has 0 spiro atoms. The Balaban J connectivity index is 1.67. The summed E-state index contributed by atoms with van der Waals surface area (Å²) in [5.74, 6) is 1.39. The van der Waals surface area contributed by atoms with E-state index in [4.69, 9.17) is 10.1 Å². The van der Waals surface area contributed by atoms with Gasteiger partial charge in [-0.05, 0) is 45.2 Å². The largest absolute Gasteiger partial charge is 0.479 e. The molecule has 0 radical (unpaired) electrons. The molecule has 2 aliphatic rings. The highest BCUT2D eigenvalue weighted by atomic mass is 16.5. The molecule has 0 bridgehead atoms. The zero-order valence-corrected chi connectivity index (χ0v) is 19.7. The minimum absolute atomic E-state index is 0.153. The molecule has 0 aliphatic carbocycles. The molecule has 0 atom stereocenters. The molecular weight excluding hydrogens is 392 g/mol. The monoisotopic (exact) mass is 432 g/mol. The number of ether oxygens (including phenoxy) is 1. The Hall–Kier alpha value is -2.06. The summed E-state index contributed by atoms with van der Waals surface area (Å²) in [5.41, 5.74) is 1.96. The molecule has 0 amide bonds. The smallest absolute Gasteiger partial charge is 0.327 e. The van der Waals surface area contributed by atoms with Gasteiger partial charge in [0.15, 0.2) is 5.88 Å². The highest BCUT2D eigenvalue weighted by Gasteiger charge is 2.25. The van der Waals surface area contributed by atoms with Crippen molar-refractivity contribution in [2.75, 3.05) is 44.6 Å². The molecule has 2 aliphatic heterocycles. The number of H-pyrrole nitrogens is 1. The molecule has 8 heteroatoms. The van der Waals surface area contributed by atoms with Gasteiger partial charge >= 0.3 is 5.69 Å². The third-order valence-electron chi connectivity index (χ3n) is 6.39. The molecule has 1 fully saturated rings. The molecule has 0 aromatic carbocycles. The molecule has 174 valence electrons. The van der Waals surface area contributed by atoms with Crippen LogP contribution in [0.15, 0.2) is 16.3 Å². The lowest BCUT2D eigenvalue weighted by atomic mass is 10.1. The van der Waals surface area contributed by atoms with Gasteiger partial charge in [-0.25, -0.2) is 4.79 Å². The Kier molecular flexibility index (Phi) is 8.37. The number of nitrogens with one attached hydrogen (secondary N) is 3. The summed E-state index contributed by atoms with van der Waals surface area (Å²) in [6.45, 7) is 15.4. The fraction of sp³-hybridized carbons (Fsp3) is 0.739. The summed E-state index contributed by atoms with van der Waals surface area (Å²) in [6, 6.07) is 0.604. The van der Waals surface area contributed by atoms with Crippen molar-refractivity contribution in [2.45, 2.75) is 72.4 Å². The first-order valence-corrected chi connectivity index (χ1v) is 11.9. The molecule has 0 unspecified atom stereocenters. The quantitative estimate of drug-likeness (QED) is 0.494. The van der Waals surface area contributed by atoms with Gasteiger partial charge in [0.1, 0.15) is 11.5 Å². The number of fused-ring (bicyclic) bond motifs is 1. The number of aromatic amines is 1. The van der Waals surface area contributed by atoms with Crippen molar-refractivity contribution in [1.29, 1.82) is 5.41 Å². The molecule has 0 saturated carbocycles. The number of hydrogen-bond acceptors (Lipinski definition) is 6. The number of nitrogens with zero attached hydrogens (tertiary/aromatic N) is 3. The summed E-state index contributed by atoms with van der Waals surface area (Å²) >= 11 is 0. The third kappa shape index (κ3) is 5.80. The van der Waals surface area contributed by atoms with Gasteiger partial charge in [-0.3, -0.25) is 9.47 Å². The van der Waals surface area contributed by atoms with Crippen molar-refractivity contribution < 1.29 is 4.74 Å². The Morgan fingerprint density at radius 3 is 2.48 bits per heavy atom. The molecule has 3 N–H and O–H groups in total. The second-order valence-corrected chi connectivity index (χ2v) is 8.90. The van der Waals surface area contributed by atoms with Crippen LogP contribution in [-0.4, -0.2) is 70.4 Å². The van der Waals surface area contributed by atoms with Crippen molar-refractivity contribution in [1.82, 2.24) is 19.4 Å². The maximum atomic E-state index is 12.7. The third-order valence-corrected chi connectivity index (χ3v) is 6.39. The number of piperazine rings is 1. The lowest BCUT2D eigenvalue weighted by molar-refractivity contribution is 0.107. The number of aromatic nitrogens is 2. The first-order valence-electron chi connectivity index (χ1n) is 11.9. The molecule has 3 heterocycles. The summed E-state index contributed by atoms with van der Waals surface area (Å²) in [6.07, 6.45) is 4.26. The Bertz CT molecular complexity index is 830. The SMILES string of the molecule is CCCCOC1=C(CC)CC(=N)c2[nH]c(=O)n(CCCN3CCN(C(C)C)CC3)c2N1. The van der Waals surface area contributed by atoms with Crippen molar-refractivity contribution in [3.05, 3.63) is 27.6 Å². The van der Waals surface area contributed by atoms with Gasteiger partial charge in [-0.2, -0.15) is 0 Å². The van der Waals surface area contributed by atoms with E-state index in [1.165, 1.54) is 0 Å². The van der Waals surface area contributed by atoms with Crippen LogP contribution in [0.25, 0.3) is 0 Å². The number of imidazole rings is 1. The van der Waals surface area contributed by atoms with E-state index in [1.807, 2.05) is 0 Å². The van der Waals surface area contributed by atoms with E-state index in [0.29, 0.717) is 42.8 Å². The molecular formula is C23H40N6O2. The fourth-order valence-corrected chi connectivity index (χ4v) is 4.31. The highest BCUT2D eigenvalue weighted by molar-refractivity contribution is 6.03. The first-order chi connectivity index (χ1) is 14.9. The first kappa shape index (κ1) is 23.6. The van der Waals surface area contributed by atoms with Crippen LogP contribution in [0.5, 0.6) is 0 Å². The van der Waals surface area contributed by atoms with Gasteiger partial charge in [0.25, 0.3) is 0 Å². The van der Waals surface area contributed by atoms with Gasteiger partial charge in [-0.15, -0.1) is 0 Å². The maximum Gasteiger partial charge on any atom is 0.327 e. The van der Waals surface area contributed by atoms with Crippen LogP contribution in [0, 0.1) is 5.41 Å². The fourth-order valence-electron chi connectivity index (χ4n) is 4.31. The molecule has 1 saturated heterocycles. The van der Waals surface area contributed by atoms with E-state index in [-0.39, 0.29) is 5.69 Å². The number of allylic oxidation sites excluding steroid dienone is 1. The maximum absolute atomic E-state index is 12.7. The van der Waals surface area contributed by atoms with Crippen molar-refractivity contribution in [3.8, 4) is 0 Å². The predicted molar refractivity (Wildman–Crippen MR) is 126 cm³/mol. The second kappa shape index (κ2) is 11.0. The summed E-state index contributed by atoms with van der Waals surface area (Å²) in [4.78, 5) is 20.6. The van der Waals surface area contributed by atoms with Gasteiger partial charge in [0, 0.05) is 45.2 Å². The number of rotatable bonds is 10. The van der Waals surface area contributed by atoms with E-state index in [9.17, 15) is 4.79 Å². The summed E-state index contributed by atoms with van der Waals surface area (Å²) in [7, 11) is 0. The lowest BCUT2D eigenvalue weighted by Gasteiger charge is -2.36. The minimum Gasteiger partial charge on any atom is -0.479 e. The van der Waals surface area contributed by atoms with Crippen LogP contribution >= 0.6 is 0 Å². The van der Waals surface area contributed by atoms with Crippen LogP contribution in [0.4, 0.5) is 5.82 Å². The zero-order chi connectivity index (χ0) is 22.4. The molecule has 8 nitrogen and oxygen atoms in total. The molecule has 3 rings (SSSR count).